The number of carbonyl (C=O) groups excluding carboxylic acids is 1. The Bertz CT molecular complexity index is 309. The maximum atomic E-state index is 12.9. The molecule has 2 unspecified atom stereocenters. The first-order valence-electron chi connectivity index (χ1n) is 5.87. The lowest BCUT2D eigenvalue weighted by molar-refractivity contribution is -0.123. The van der Waals surface area contributed by atoms with Gasteiger partial charge in [0.2, 0.25) is 5.91 Å². The van der Waals surface area contributed by atoms with Gasteiger partial charge in [0.15, 0.2) is 0 Å². The fraction of sp³-hybridized carbons (Fsp3) is 0.909. The molecule has 2 fully saturated rings. The maximum absolute atomic E-state index is 12.9. The summed E-state index contributed by atoms with van der Waals surface area (Å²) in [7, 11) is 0. The lowest BCUT2D eigenvalue weighted by atomic mass is 9.90. The highest BCUT2D eigenvalue weighted by Crippen LogP contribution is 2.27. The van der Waals surface area contributed by atoms with E-state index in [0.29, 0.717) is 19.8 Å². The minimum Gasteiger partial charge on any atom is -0.381 e. The smallest absolute Gasteiger partial charge is 0.262 e. The normalized spacial score (nSPS) is 34.1. The lowest BCUT2D eigenvalue weighted by Crippen LogP contribution is -2.44. The van der Waals surface area contributed by atoms with Gasteiger partial charge in [-0.3, -0.25) is 10.1 Å². The minimum absolute atomic E-state index is 0. The van der Waals surface area contributed by atoms with Gasteiger partial charge in [-0.2, -0.15) is 0 Å². The van der Waals surface area contributed by atoms with Gasteiger partial charge in [-0.05, 0) is 6.42 Å². The third-order valence-electron chi connectivity index (χ3n) is 3.42. The van der Waals surface area contributed by atoms with Gasteiger partial charge in [0.25, 0.3) is 5.92 Å². The van der Waals surface area contributed by atoms with E-state index in [1.54, 1.807) is 0 Å². The predicted octanol–water partition coefficient (Wildman–Crippen LogP) is 0.948. The van der Waals surface area contributed by atoms with Crippen LogP contribution in [-0.4, -0.2) is 44.2 Å². The zero-order valence-corrected chi connectivity index (χ0v) is 11.1. The summed E-state index contributed by atoms with van der Waals surface area (Å²) in [6.45, 7) is 3.41. The molecule has 0 aliphatic carbocycles. The average molecular weight is 285 g/mol. The first kappa shape index (κ1) is 15.6. The molecule has 4 nitrogen and oxygen atoms in total. The molecule has 2 aliphatic rings. The van der Waals surface area contributed by atoms with Gasteiger partial charge in [0.05, 0.1) is 19.2 Å². The monoisotopic (exact) mass is 284 g/mol. The van der Waals surface area contributed by atoms with Crippen LogP contribution >= 0.6 is 12.4 Å². The maximum Gasteiger partial charge on any atom is 0.262 e. The Balaban J connectivity index is 0.00000162. The van der Waals surface area contributed by atoms with Crippen LogP contribution < -0.4 is 10.6 Å². The molecule has 0 bridgehead atoms. The van der Waals surface area contributed by atoms with Crippen LogP contribution in [-0.2, 0) is 9.53 Å². The molecule has 1 amide bonds. The molecule has 2 heterocycles. The van der Waals surface area contributed by atoms with E-state index < -0.39 is 24.9 Å². The van der Waals surface area contributed by atoms with Gasteiger partial charge >= 0.3 is 0 Å². The Morgan fingerprint density at radius 2 is 2.28 bits per heavy atom. The van der Waals surface area contributed by atoms with E-state index in [0.717, 1.165) is 6.42 Å². The number of halogens is 3. The number of hydrogen-bond donors (Lipinski definition) is 2. The standard InChI is InChI=1S/C11H18F2N2O2.ClH/c1-10(2-3-17-7-10)5-15-9(16)8-4-11(12,13)6-14-8;/h8,14H,2-7H2,1H3,(H,15,16);1H. The molecule has 18 heavy (non-hydrogen) atoms. The molecule has 2 aliphatic heterocycles. The van der Waals surface area contributed by atoms with E-state index in [1.165, 1.54) is 0 Å². The molecular formula is C11H19ClF2N2O2. The predicted molar refractivity (Wildman–Crippen MR) is 65.2 cm³/mol. The number of hydrogen-bond acceptors (Lipinski definition) is 3. The van der Waals surface area contributed by atoms with E-state index in [1.807, 2.05) is 6.92 Å². The van der Waals surface area contributed by atoms with Crippen molar-refractivity contribution in [1.29, 1.82) is 0 Å². The number of ether oxygens (including phenoxy) is 1. The van der Waals surface area contributed by atoms with E-state index in [2.05, 4.69) is 10.6 Å². The van der Waals surface area contributed by atoms with Crippen LogP contribution in [0.5, 0.6) is 0 Å². The quantitative estimate of drug-likeness (QED) is 0.811. The van der Waals surface area contributed by atoms with Crippen LogP contribution in [0.15, 0.2) is 0 Å². The zero-order chi connectivity index (χ0) is 12.5. The Hall–Kier alpha value is -0.460. The Morgan fingerprint density at radius 3 is 2.78 bits per heavy atom. The molecular weight excluding hydrogens is 266 g/mol. The van der Waals surface area contributed by atoms with Crippen molar-refractivity contribution in [3.8, 4) is 0 Å². The molecule has 0 radical (unpaired) electrons. The number of rotatable bonds is 3. The molecule has 106 valence electrons. The third-order valence-corrected chi connectivity index (χ3v) is 3.42. The van der Waals surface area contributed by atoms with Crippen LogP contribution in [0.1, 0.15) is 19.8 Å². The fourth-order valence-electron chi connectivity index (χ4n) is 2.17. The van der Waals surface area contributed by atoms with Crippen molar-refractivity contribution < 1.29 is 18.3 Å². The zero-order valence-electron chi connectivity index (χ0n) is 10.3. The summed E-state index contributed by atoms with van der Waals surface area (Å²) < 4.78 is 31.1. The summed E-state index contributed by atoms with van der Waals surface area (Å²) in [5, 5.41) is 5.27. The third kappa shape index (κ3) is 3.76. The van der Waals surface area contributed by atoms with Crippen molar-refractivity contribution in [3.05, 3.63) is 0 Å². The summed E-state index contributed by atoms with van der Waals surface area (Å²) in [4.78, 5) is 11.7. The topological polar surface area (TPSA) is 50.4 Å². The highest BCUT2D eigenvalue weighted by molar-refractivity contribution is 5.85. The second kappa shape index (κ2) is 5.67. The second-order valence-electron chi connectivity index (χ2n) is 5.32. The SMILES string of the molecule is CC1(CNC(=O)C2CC(F)(F)CN2)CCOC1.Cl. The highest BCUT2D eigenvalue weighted by atomic mass is 35.5. The van der Waals surface area contributed by atoms with Crippen molar-refractivity contribution >= 4 is 18.3 Å². The number of nitrogens with one attached hydrogen (secondary N) is 2. The summed E-state index contributed by atoms with van der Waals surface area (Å²) in [5.41, 5.74) is -0.0587. The van der Waals surface area contributed by atoms with Crippen LogP contribution in [0.2, 0.25) is 0 Å². The molecule has 2 N–H and O–H groups in total. The molecule has 0 aromatic carbocycles. The van der Waals surface area contributed by atoms with Crippen LogP contribution in [0.4, 0.5) is 8.78 Å². The Morgan fingerprint density at radius 1 is 1.56 bits per heavy atom. The molecule has 2 rings (SSSR count). The fourth-order valence-corrected chi connectivity index (χ4v) is 2.17. The van der Waals surface area contributed by atoms with Gasteiger partial charge in [-0.15, -0.1) is 12.4 Å². The summed E-state index contributed by atoms with van der Waals surface area (Å²) in [6, 6.07) is -0.768. The van der Waals surface area contributed by atoms with Crippen molar-refractivity contribution in [2.45, 2.75) is 31.7 Å². The Kier molecular flexibility index (Phi) is 4.91. The summed E-state index contributed by atoms with van der Waals surface area (Å²) in [6.07, 6.45) is 0.480. The molecule has 7 heteroatoms. The number of carbonyl (C=O) groups is 1. The number of amides is 1. The summed E-state index contributed by atoms with van der Waals surface area (Å²) in [5.74, 6) is -3.10. The molecule has 2 atom stereocenters. The Labute approximate surface area is 111 Å². The highest BCUT2D eigenvalue weighted by Gasteiger charge is 2.42. The first-order valence-corrected chi connectivity index (χ1v) is 5.87. The van der Waals surface area contributed by atoms with Gasteiger partial charge in [0, 0.05) is 25.0 Å². The molecule has 0 aromatic rings. The van der Waals surface area contributed by atoms with Crippen molar-refractivity contribution in [3.63, 3.8) is 0 Å². The molecule has 0 aromatic heterocycles. The average Bonchev–Trinajstić information content (AvgIpc) is 2.82. The van der Waals surface area contributed by atoms with Crippen LogP contribution in [0.3, 0.4) is 0 Å². The largest absolute Gasteiger partial charge is 0.381 e. The van der Waals surface area contributed by atoms with Crippen molar-refractivity contribution in [2.75, 3.05) is 26.3 Å². The van der Waals surface area contributed by atoms with Gasteiger partial charge in [0.1, 0.15) is 0 Å². The van der Waals surface area contributed by atoms with E-state index in [9.17, 15) is 13.6 Å². The second-order valence-corrected chi connectivity index (χ2v) is 5.32. The van der Waals surface area contributed by atoms with Gasteiger partial charge in [-0.1, -0.05) is 6.92 Å². The number of alkyl halides is 2. The first-order chi connectivity index (χ1) is 7.90. The molecule has 2 saturated heterocycles. The molecule has 0 saturated carbocycles. The minimum atomic E-state index is -2.76. The van der Waals surface area contributed by atoms with Crippen molar-refractivity contribution in [1.82, 2.24) is 10.6 Å². The lowest BCUT2D eigenvalue weighted by Gasteiger charge is -2.23. The van der Waals surface area contributed by atoms with E-state index in [4.69, 9.17) is 4.74 Å². The van der Waals surface area contributed by atoms with Crippen LogP contribution in [0, 0.1) is 5.41 Å². The summed E-state index contributed by atoms with van der Waals surface area (Å²) >= 11 is 0. The molecule has 0 spiro atoms. The van der Waals surface area contributed by atoms with Gasteiger partial charge in [-0.25, -0.2) is 8.78 Å². The van der Waals surface area contributed by atoms with Gasteiger partial charge < -0.3 is 10.1 Å². The van der Waals surface area contributed by atoms with E-state index >= 15 is 0 Å². The van der Waals surface area contributed by atoms with Crippen molar-refractivity contribution in [2.24, 2.45) is 5.41 Å². The van der Waals surface area contributed by atoms with Crippen LogP contribution in [0.25, 0.3) is 0 Å². The van der Waals surface area contributed by atoms with E-state index in [-0.39, 0.29) is 23.7 Å².